The quantitative estimate of drug-likeness (QED) is 0.461. The molecule has 3 saturated heterocycles. The Morgan fingerprint density at radius 2 is 1.57 bits per heavy atom. The van der Waals surface area contributed by atoms with Gasteiger partial charge in [0.05, 0.1) is 5.60 Å². The van der Waals surface area contributed by atoms with Crippen molar-refractivity contribution < 1.29 is 14.7 Å². The topological polar surface area (TPSA) is 76.1 Å². The van der Waals surface area contributed by atoms with Gasteiger partial charge in [0.1, 0.15) is 11.6 Å². The van der Waals surface area contributed by atoms with E-state index in [1.807, 2.05) is 4.90 Å². The van der Waals surface area contributed by atoms with Crippen LogP contribution < -0.4 is 5.32 Å². The van der Waals surface area contributed by atoms with Crippen LogP contribution in [-0.2, 0) is 16.1 Å². The second-order valence-electron chi connectivity index (χ2n) is 12.4. The number of hydrogen-bond donors (Lipinski definition) is 2. The molecule has 0 bridgehead atoms. The fourth-order valence-electron chi connectivity index (χ4n) is 7.49. The number of carbonyl (C=O) groups is 2. The molecule has 0 radical (unpaired) electrons. The Labute approximate surface area is 253 Å². The predicted octanol–water partition coefficient (Wildman–Crippen LogP) is 4.54. The number of aliphatic hydroxyl groups is 1. The molecule has 4 fully saturated rings. The zero-order valence-electron chi connectivity index (χ0n) is 24.2. The largest absolute Gasteiger partial charge is 0.390 e. The molecule has 1 atom stereocenters. The normalized spacial score (nSPS) is 25.6. The molecule has 3 heterocycles. The molecule has 226 valence electrons. The number of benzene rings is 1. The average Bonchev–Trinajstić information content (AvgIpc) is 2.93. The molecule has 0 unspecified atom stereocenters. The third-order valence-corrected chi connectivity index (χ3v) is 9.86. The Hall–Kier alpha value is -1.38. The Balaban J connectivity index is 0.00000220. The van der Waals surface area contributed by atoms with E-state index in [4.69, 9.17) is 0 Å². The minimum Gasteiger partial charge on any atom is -0.390 e. The van der Waals surface area contributed by atoms with Crippen LogP contribution in [0, 0.1) is 0 Å². The first-order chi connectivity index (χ1) is 18.4. The van der Waals surface area contributed by atoms with Crippen LogP contribution >= 0.6 is 24.8 Å². The van der Waals surface area contributed by atoms with Crippen molar-refractivity contribution in [2.24, 2.45) is 0 Å². The summed E-state index contributed by atoms with van der Waals surface area (Å²) in [4.78, 5) is 34.6. The van der Waals surface area contributed by atoms with E-state index in [1.54, 1.807) is 0 Å². The summed E-state index contributed by atoms with van der Waals surface area (Å²) in [6.45, 7) is 7.72. The number of carbonyl (C=O) groups excluding carboxylic acids is 2. The number of nitrogens with zero attached hydrogens (tertiary/aromatic N) is 3. The molecule has 2 amide bonds. The van der Waals surface area contributed by atoms with Crippen molar-refractivity contribution in [2.45, 2.75) is 114 Å². The van der Waals surface area contributed by atoms with E-state index in [9.17, 15) is 14.7 Å². The number of rotatable bonds is 8. The van der Waals surface area contributed by atoms with Crippen LogP contribution in [-0.4, -0.2) is 87.6 Å². The molecule has 2 N–H and O–H groups in total. The first-order valence-corrected chi connectivity index (χ1v) is 15.3. The number of unbranched alkanes of at least 4 members (excludes halogenated alkanes) is 1. The maximum Gasteiger partial charge on any atom is 0.246 e. The van der Waals surface area contributed by atoms with Gasteiger partial charge in [-0.15, -0.1) is 24.8 Å². The number of amides is 2. The van der Waals surface area contributed by atoms with Crippen LogP contribution in [0.4, 0.5) is 0 Å². The molecule has 40 heavy (non-hydrogen) atoms. The zero-order chi connectivity index (χ0) is 26.6. The Morgan fingerprint density at radius 1 is 0.925 bits per heavy atom. The Bertz CT molecular complexity index is 943. The van der Waals surface area contributed by atoms with Gasteiger partial charge in [-0.05, 0) is 63.6 Å². The van der Waals surface area contributed by atoms with E-state index < -0.39 is 17.2 Å². The summed E-state index contributed by atoms with van der Waals surface area (Å²) in [6, 6.07) is 10.7. The number of likely N-dealkylation sites (tertiary alicyclic amines) is 2. The minimum atomic E-state index is -0.828. The van der Waals surface area contributed by atoms with E-state index in [0.717, 1.165) is 90.5 Å². The smallest absolute Gasteiger partial charge is 0.246 e. The van der Waals surface area contributed by atoms with Crippen LogP contribution in [0.5, 0.6) is 0 Å². The lowest BCUT2D eigenvalue weighted by atomic mass is 9.77. The van der Waals surface area contributed by atoms with Gasteiger partial charge < -0.3 is 20.2 Å². The van der Waals surface area contributed by atoms with E-state index >= 15 is 0 Å². The summed E-state index contributed by atoms with van der Waals surface area (Å²) in [6.07, 6.45) is 10.6. The van der Waals surface area contributed by atoms with Crippen LogP contribution in [0.25, 0.3) is 0 Å². The molecule has 0 aromatic heterocycles. The summed E-state index contributed by atoms with van der Waals surface area (Å²) in [5, 5.41) is 14.3. The fraction of sp³-hybridized carbons (Fsp3) is 0.742. The van der Waals surface area contributed by atoms with Gasteiger partial charge in [-0.2, -0.15) is 0 Å². The number of halogens is 2. The summed E-state index contributed by atoms with van der Waals surface area (Å²) in [5.41, 5.74) is -0.187. The summed E-state index contributed by atoms with van der Waals surface area (Å²) < 4.78 is 0. The molecule has 1 aromatic carbocycles. The molecule has 4 aliphatic rings. The van der Waals surface area contributed by atoms with Gasteiger partial charge in [-0.1, -0.05) is 62.9 Å². The van der Waals surface area contributed by atoms with Gasteiger partial charge in [0, 0.05) is 38.6 Å². The van der Waals surface area contributed by atoms with Crippen molar-refractivity contribution >= 4 is 36.6 Å². The van der Waals surface area contributed by atoms with Crippen LogP contribution in [0.3, 0.4) is 0 Å². The maximum atomic E-state index is 13.8. The molecule has 5 rings (SSSR count). The number of hydrogen-bond acceptors (Lipinski definition) is 5. The molecule has 7 nitrogen and oxygen atoms in total. The molecule has 1 aromatic rings. The number of piperazine rings is 1. The van der Waals surface area contributed by atoms with E-state index in [-0.39, 0.29) is 36.6 Å². The van der Waals surface area contributed by atoms with Crippen molar-refractivity contribution in [3.8, 4) is 0 Å². The molecule has 1 aliphatic carbocycles. The number of nitrogens with one attached hydrogen (secondary N) is 1. The molecular formula is C31H50Cl2N4O3. The van der Waals surface area contributed by atoms with Crippen LogP contribution in [0.15, 0.2) is 30.3 Å². The number of piperidine rings is 2. The monoisotopic (exact) mass is 596 g/mol. The lowest BCUT2D eigenvalue weighted by Gasteiger charge is -2.53. The highest BCUT2D eigenvalue weighted by Gasteiger charge is 2.54. The van der Waals surface area contributed by atoms with Crippen LogP contribution in [0.1, 0.15) is 89.5 Å². The zero-order valence-corrected chi connectivity index (χ0v) is 25.8. The van der Waals surface area contributed by atoms with E-state index in [1.165, 1.54) is 5.56 Å². The standard InChI is InChI=1S/C31H48N4O3.2ClH/c1-2-3-18-35-28(36)27(23-30(38)14-8-5-9-15-30)32-29(37)31(35)16-21-34(22-17-31)26-12-19-33(20-13-26)24-25-10-6-4-7-11-25;;/h4,6-7,10-11,26-27,38H,2-3,5,8-9,12-24H2,1H3,(H,32,37);2*1H/t27-;;/m1../s1. The van der Waals surface area contributed by atoms with Crippen molar-refractivity contribution in [3.63, 3.8) is 0 Å². The third-order valence-electron chi connectivity index (χ3n) is 9.86. The lowest BCUT2D eigenvalue weighted by Crippen LogP contribution is -2.73. The lowest BCUT2D eigenvalue weighted by molar-refractivity contribution is -0.164. The Morgan fingerprint density at radius 3 is 2.20 bits per heavy atom. The average molecular weight is 598 g/mol. The Kier molecular flexibility index (Phi) is 12.2. The predicted molar refractivity (Wildman–Crippen MR) is 164 cm³/mol. The highest BCUT2D eigenvalue weighted by molar-refractivity contribution is 6.00. The highest BCUT2D eigenvalue weighted by Crippen LogP contribution is 2.38. The minimum absolute atomic E-state index is 0. The maximum absolute atomic E-state index is 13.8. The SMILES string of the molecule is CCCCN1C(=O)[C@@H](CC2(O)CCCCC2)NC(=O)C12CCN(C1CCN(Cc3ccccc3)CC1)CC2.Cl.Cl. The molecule has 9 heteroatoms. The third kappa shape index (κ3) is 7.33. The molecule has 1 spiro atoms. The van der Waals surface area contributed by atoms with Gasteiger partial charge in [0.25, 0.3) is 0 Å². The van der Waals surface area contributed by atoms with Gasteiger partial charge in [-0.3, -0.25) is 14.5 Å². The van der Waals surface area contributed by atoms with Crippen molar-refractivity contribution in [1.82, 2.24) is 20.0 Å². The second-order valence-corrected chi connectivity index (χ2v) is 12.4. The molecule has 1 saturated carbocycles. The second kappa shape index (κ2) is 14.7. The first kappa shape index (κ1) is 33.1. The summed E-state index contributed by atoms with van der Waals surface area (Å²) in [5.74, 6) is 0.0367. The van der Waals surface area contributed by atoms with Gasteiger partial charge >= 0.3 is 0 Å². The van der Waals surface area contributed by atoms with Gasteiger partial charge in [0.15, 0.2) is 0 Å². The van der Waals surface area contributed by atoms with Gasteiger partial charge in [-0.25, -0.2) is 0 Å². The summed E-state index contributed by atoms with van der Waals surface area (Å²) >= 11 is 0. The fourth-order valence-corrected chi connectivity index (χ4v) is 7.49. The first-order valence-electron chi connectivity index (χ1n) is 15.3. The summed E-state index contributed by atoms with van der Waals surface area (Å²) in [7, 11) is 0. The highest BCUT2D eigenvalue weighted by atomic mass is 35.5. The van der Waals surface area contributed by atoms with Crippen LogP contribution in [0.2, 0.25) is 0 Å². The van der Waals surface area contributed by atoms with Crippen molar-refractivity contribution in [2.75, 3.05) is 32.7 Å². The van der Waals surface area contributed by atoms with Crippen molar-refractivity contribution in [1.29, 1.82) is 0 Å². The molecular weight excluding hydrogens is 547 g/mol. The van der Waals surface area contributed by atoms with E-state index in [0.29, 0.717) is 31.8 Å². The van der Waals surface area contributed by atoms with Gasteiger partial charge in [0.2, 0.25) is 11.8 Å². The van der Waals surface area contributed by atoms with Crippen molar-refractivity contribution in [3.05, 3.63) is 35.9 Å². The molecule has 3 aliphatic heterocycles. The van der Waals surface area contributed by atoms with E-state index in [2.05, 4.69) is 52.4 Å².